The molecular weight excluding hydrogens is 389 g/mol. The molecule has 1 fully saturated rings. The molecule has 0 spiro atoms. The Morgan fingerprint density at radius 2 is 1.60 bits per heavy atom. The lowest BCUT2D eigenvalue weighted by atomic mass is 9.84. The van der Waals surface area contributed by atoms with Gasteiger partial charge >= 0.3 is 6.18 Å². The molecule has 156 valence electrons. The fraction of sp³-hybridized carbons (Fsp3) is 0.292. The monoisotopic (exact) mass is 412 g/mol. The summed E-state index contributed by atoms with van der Waals surface area (Å²) in [5.74, 6) is 0.158. The Kier molecular flexibility index (Phi) is 5.77. The highest BCUT2D eigenvalue weighted by Crippen LogP contribution is 2.44. The minimum atomic E-state index is -4.45. The van der Waals surface area contributed by atoms with Crippen LogP contribution in [0.1, 0.15) is 34.1 Å². The summed E-state index contributed by atoms with van der Waals surface area (Å²) in [6.07, 6.45) is -3.60. The molecule has 2 atom stereocenters. The molecule has 2 heterocycles. The number of likely N-dealkylation sites (tertiary alicyclic amines) is 1. The smallest absolute Gasteiger partial charge is 0.417 e. The summed E-state index contributed by atoms with van der Waals surface area (Å²) in [4.78, 5) is 6.27. The molecule has 1 aliphatic heterocycles. The molecule has 1 saturated heterocycles. The van der Waals surface area contributed by atoms with E-state index in [9.17, 15) is 13.2 Å². The number of aromatic nitrogens is 1. The van der Waals surface area contributed by atoms with E-state index in [0.29, 0.717) is 12.1 Å². The Hall–Kier alpha value is -2.86. The Morgan fingerprint density at radius 1 is 0.967 bits per heavy atom. The maximum atomic E-state index is 13.4. The van der Waals surface area contributed by atoms with Crippen molar-refractivity contribution in [2.45, 2.75) is 24.6 Å². The van der Waals surface area contributed by atoms with Crippen molar-refractivity contribution in [1.29, 1.82) is 0 Å². The van der Waals surface area contributed by atoms with Crippen LogP contribution in [0.3, 0.4) is 0 Å². The van der Waals surface area contributed by atoms with Crippen LogP contribution in [0.15, 0.2) is 72.9 Å². The van der Waals surface area contributed by atoms with Crippen LogP contribution in [0, 0.1) is 0 Å². The third kappa shape index (κ3) is 4.33. The zero-order valence-corrected chi connectivity index (χ0v) is 16.6. The predicted molar refractivity (Wildman–Crippen MR) is 109 cm³/mol. The number of rotatable bonds is 5. The molecule has 2 aromatic carbocycles. The Balaban J connectivity index is 1.72. The molecule has 0 radical (unpaired) electrons. The highest BCUT2D eigenvalue weighted by atomic mass is 19.4. The molecule has 3 aromatic rings. The van der Waals surface area contributed by atoms with Crippen molar-refractivity contribution in [3.63, 3.8) is 0 Å². The van der Waals surface area contributed by atoms with Crippen molar-refractivity contribution in [2.75, 3.05) is 20.2 Å². The first-order chi connectivity index (χ1) is 14.5. The average molecular weight is 412 g/mol. The first-order valence-electron chi connectivity index (χ1n) is 9.88. The molecule has 1 aliphatic rings. The SMILES string of the molecule is COc1ncc(C(F)(F)F)cc1C1CN(Cc2ccccc2)CC1c1ccccc1. The topological polar surface area (TPSA) is 25.4 Å². The number of pyridine rings is 1. The van der Waals surface area contributed by atoms with E-state index >= 15 is 0 Å². The molecule has 0 bridgehead atoms. The lowest BCUT2D eigenvalue weighted by Crippen LogP contribution is -2.20. The highest BCUT2D eigenvalue weighted by Gasteiger charge is 2.39. The van der Waals surface area contributed by atoms with E-state index in [-0.39, 0.29) is 17.7 Å². The average Bonchev–Trinajstić information content (AvgIpc) is 3.17. The number of methoxy groups -OCH3 is 1. The summed E-state index contributed by atoms with van der Waals surface area (Å²) in [7, 11) is 1.45. The second kappa shape index (κ2) is 8.48. The summed E-state index contributed by atoms with van der Waals surface area (Å²) in [5.41, 5.74) is 2.06. The molecule has 0 aliphatic carbocycles. The van der Waals surface area contributed by atoms with Crippen LogP contribution >= 0.6 is 0 Å². The van der Waals surface area contributed by atoms with Crippen LogP contribution in [0.5, 0.6) is 5.88 Å². The van der Waals surface area contributed by atoms with Crippen molar-refractivity contribution in [1.82, 2.24) is 9.88 Å². The number of hydrogen-bond donors (Lipinski definition) is 0. The lowest BCUT2D eigenvalue weighted by molar-refractivity contribution is -0.137. The molecule has 6 heteroatoms. The van der Waals surface area contributed by atoms with Crippen LogP contribution in [0.4, 0.5) is 13.2 Å². The predicted octanol–water partition coefficient (Wildman–Crippen LogP) is 5.49. The van der Waals surface area contributed by atoms with Crippen molar-refractivity contribution in [3.05, 3.63) is 95.2 Å². The molecule has 0 N–H and O–H groups in total. The number of halogens is 3. The van der Waals surface area contributed by atoms with E-state index in [0.717, 1.165) is 24.8 Å². The molecule has 0 saturated carbocycles. The van der Waals surface area contributed by atoms with Crippen LogP contribution < -0.4 is 4.74 Å². The van der Waals surface area contributed by atoms with Gasteiger partial charge in [0.25, 0.3) is 0 Å². The van der Waals surface area contributed by atoms with Gasteiger partial charge in [-0.05, 0) is 17.2 Å². The largest absolute Gasteiger partial charge is 0.481 e. The summed E-state index contributed by atoms with van der Waals surface area (Å²) >= 11 is 0. The summed E-state index contributed by atoms with van der Waals surface area (Å²) in [6.45, 7) is 2.13. The minimum absolute atomic E-state index is 0.0501. The standard InChI is InChI=1S/C24H23F3N2O/c1-30-23-20(12-19(13-28-23)24(25,26)27)22-16-29(14-17-8-4-2-5-9-17)15-21(22)18-10-6-3-7-11-18/h2-13,21-22H,14-16H2,1H3. The Morgan fingerprint density at radius 3 is 2.23 bits per heavy atom. The van der Waals surface area contributed by atoms with Gasteiger partial charge in [0.05, 0.1) is 12.7 Å². The molecule has 1 aromatic heterocycles. The van der Waals surface area contributed by atoms with Crippen LogP contribution in [-0.2, 0) is 12.7 Å². The number of nitrogens with zero attached hydrogens (tertiary/aromatic N) is 2. The van der Waals surface area contributed by atoms with E-state index in [2.05, 4.69) is 22.0 Å². The second-order valence-electron chi connectivity index (χ2n) is 7.62. The zero-order chi connectivity index (χ0) is 21.1. The van der Waals surface area contributed by atoms with Gasteiger partial charge in [-0.3, -0.25) is 4.90 Å². The number of ether oxygens (including phenoxy) is 1. The second-order valence-corrected chi connectivity index (χ2v) is 7.62. The van der Waals surface area contributed by atoms with Crippen molar-refractivity contribution >= 4 is 0 Å². The van der Waals surface area contributed by atoms with Gasteiger partial charge in [0.1, 0.15) is 0 Å². The van der Waals surface area contributed by atoms with Gasteiger partial charge in [-0.2, -0.15) is 13.2 Å². The van der Waals surface area contributed by atoms with E-state index < -0.39 is 11.7 Å². The van der Waals surface area contributed by atoms with Gasteiger partial charge in [0.2, 0.25) is 5.88 Å². The van der Waals surface area contributed by atoms with E-state index in [4.69, 9.17) is 4.74 Å². The molecular formula is C24H23F3N2O. The molecule has 4 rings (SSSR count). The normalized spacial score (nSPS) is 19.7. The number of hydrogen-bond acceptors (Lipinski definition) is 3. The van der Waals surface area contributed by atoms with Crippen LogP contribution in [0.25, 0.3) is 0 Å². The van der Waals surface area contributed by atoms with Gasteiger partial charge in [-0.1, -0.05) is 60.7 Å². The van der Waals surface area contributed by atoms with Gasteiger partial charge in [-0.25, -0.2) is 4.98 Å². The molecule has 3 nitrogen and oxygen atoms in total. The summed E-state index contributed by atoms with van der Waals surface area (Å²) in [5, 5.41) is 0. The Labute approximate surface area is 174 Å². The van der Waals surface area contributed by atoms with E-state index in [1.807, 2.05) is 48.5 Å². The van der Waals surface area contributed by atoms with Crippen molar-refractivity contribution < 1.29 is 17.9 Å². The van der Waals surface area contributed by atoms with Crippen molar-refractivity contribution in [2.24, 2.45) is 0 Å². The lowest BCUT2D eigenvalue weighted by Gasteiger charge is -2.22. The third-order valence-corrected chi connectivity index (χ3v) is 5.67. The fourth-order valence-electron chi connectivity index (χ4n) is 4.27. The maximum absolute atomic E-state index is 13.4. The molecule has 2 unspecified atom stereocenters. The maximum Gasteiger partial charge on any atom is 0.417 e. The first kappa shape index (κ1) is 20.4. The Bertz CT molecular complexity index is 977. The summed E-state index contributed by atoms with van der Waals surface area (Å²) < 4.78 is 45.5. The highest BCUT2D eigenvalue weighted by molar-refractivity contribution is 5.39. The van der Waals surface area contributed by atoms with Gasteiger partial charge in [0.15, 0.2) is 0 Å². The quantitative estimate of drug-likeness (QED) is 0.554. The zero-order valence-electron chi connectivity index (χ0n) is 16.6. The van der Waals surface area contributed by atoms with Gasteiger partial charge in [0, 0.05) is 43.2 Å². The number of benzene rings is 2. The number of alkyl halides is 3. The van der Waals surface area contributed by atoms with Gasteiger partial charge < -0.3 is 4.74 Å². The first-order valence-corrected chi connectivity index (χ1v) is 9.88. The van der Waals surface area contributed by atoms with Crippen molar-refractivity contribution in [3.8, 4) is 5.88 Å². The molecule has 0 amide bonds. The minimum Gasteiger partial charge on any atom is -0.481 e. The molecule has 30 heavy (non-hydrogen) atoms. The fourth-order valence-corrected chi connectivity index (χ4v) is 4.27. The third-order valence-electron chi connectivity index (χ3n) is 5.67. The van der Waals surface area contributed by atoms with Gasteiger partial charge in [-0.15, -0.1) is 0 Å². The van der Waals surface area contributed by atoms with E-state index in [1.165, 1.54) is 18.7 Å². The van der Waals surface area contributed by atoms with E-state index in [1.54, 1.807) is 0 Å². The van der Waals surface area contributed by atoms with Crippen LogP contribution in [-0.4, -0.2) is 30.1 Å². The van der Waals surface area contributed by atoms with Crippen LogP contribution in [0.2, 0.25) is 0 Å². The summed E-state index contributed by atoms with van der Waals surface area (Å²) in [6, 6.07) is 21.3.